The molecule has 1 aromatic carbocycles. The van der Waals surface area contributed by atoms with Crippen molar-refractivity contribution in [3.8, 4) is 0 Å². The molecule has 1 atom stereocenters. The molecule has 0 aliphatic heterocycles. The van der Waals surface area contributed by atoms with Gasteiger partial charge in [0, 0.05) is 31.8 Å². The maximum Gasteiger partial charge on any atom is 0.0587 e. The van der Waals surface area contributed by atoms with Crippen molar-refractivity contribution in [2.24, 2.45) is 5.92 Å². The molecule has 1 N–H and O–H groups in total. The summed E-state index contributed by atoms with van der Waals surface area (Å²) in [7, 11) is 3.50. The summed E-state index contributed by atoms with van der Waals surface area (Å²) in [6.45, 7) is 3.55. The van der Waals surface area contributed by atoms with Crippen LogP contribution in [0, 0.1) is 5.92 Å². The molecular formula is C16H26BrNO2. The highest BCUT2D eigenvalue weighted by Crippen LogP contribution is 2.16. The predicted molar refractivity (Wildman–Crippen MR) is 87.2 cm³/mol. The minimum Gasteiger partial charge on any atom is -0.385 e. The molecule has 1 unspecified atom stereocenters. The second-order valence-electron chi connectivity index (χ2n) is 5.03. The monoisotopic (exact) mass is 343 g/mol. The van der Waals surface area contributed by atoms with Crippen LogP contribution in [0.5, 0.6) is 0 Å². The van der Waals surface area contributed by atoms with Gasteiger partial charge in [0.05, 0.1) is 6.61 Å². The highest BCUT2D eigenvalue weighted by Gasteiger charge is 2.09. The SMILES string of the molecule is COCCCC(CNCCOC)Cc1ccc(Br)cc1. The number of methoxy groups -OCH3 is 2. The number of hydrogen-bond acceptors (Lipinski definition) is 3. The Morgan fingerprint density at radius 2 is 1.80 bits per heavy atom. The van der Waals surface area contributed by atoms with Crippen molar-refractivity contribution in [2.45, 2.75) is 19.3 Å². The molecule has 4 heteroatoms. The highest BCUT2D eigenvalue weighted by atomic mass is 79.9. The summed E-state index contributed by atoms with van der Waals surface area (Å²) in [5.74, 6) is 0.642. The molecule has 0 aliphatic carbocycles. The van der Waals surface area contributed by atoms with Crippen molar-refractivity contribution in [3.05, 3.63) is 34.3 Å². The summed E-state index contributed by atoms with van der Waals surface area (Å²) >= 11 is 3.48. The smallest absolute Gasteiger partial charge is 0.0587 e. The van der Waals surface area contributed by atoms with Crippen LogP contribution in [-0.4, -0.2) is 40.5 Å². The first kappa shape index (κ1) is 17.6. The molecule has 0 fully saturated rings. The summed E-state index contributed by atoms with van der Waals surface area (Å²) in [6.07, 6.45) is 3.41. The molecule has 0 amide bonds. The van der Waals surface area contributed by atoms with Gasteiger partial charge in [0.2, 0.25) is 0 Å². The molecule has 114 valence electrons. The minimum absolute atomic E-state index is 0.642. The molecule has 0 saturated carbocycles. The third-order valence-corrected chi connectivity index (χ3v) is 3.84. The molecule has 0 bridgehead atoms. The second kappa shape index (κ2) is 11.3. The van der Waals surface area contributed by atoms with Gasteiger partial charge >= 0.3 is 0 Å². The van der Waals surface area contributed by atoms with Crippen LogP contribution in [0.1, 0.15) is 18.4 Å². The average molecular weight is 344 g/mol. The molecule has 0 radical (unpaired) electrons. The Morgan fingerprint density at radius 3 is 2.45 bits per heavy atom. The molecule has 0 heterocycles. The van der Waals surface area contributed by atoms with Gasteiger partial charge in [-0.05, 0) is 49.4 Å². The lowest BCUT2D eigenvalue weighted by Gasteiger charge is -2.18. The van der Waals surface area contributed by atoms with E-state index in [9.17, 15) is 0 Å². The number of benzene rings is 1. The van der Waals surface area contributed by atoms with E-state index in [1.54, 1.807) is 14.2 Å². The summed E-state index contributed by atoms with van der Waals surface area (Å²) in [4.78, 5) is 0. The Hall–Kier alpha value is -0.420. The zero-order valence-electron chi connectivity index (χ0n) is 12.5. The number of rotatable bonds is 11. The summed E-state index contributed by atoms with van der Waals surface area (Å²) in [6, 6.07) is 8.62. The molecule has 0 saturated heterocycles. The van der Waals surface area contributed by atoms with Gasteiger partial charge in [-0.2, -0.15) is 0 Å². The molecule has 3 nitrogen and oxygen atoms in total. The van der Waals surface area contributed by atoms with E-state index in [1.807, 2.05) is 0 Å². The fourth-order valence-corrected chi connectivity index (χ4v) is 2.49. The minimum atomic E-state index is 0.642. The lowest BCUT2D eigenvalue weighted by atomic mass is 9.95. The molecule has 20 heavy (non-hydrogen) atoms. The Morgan fingerprint density at radius 1 is 1.10 bits per heavy atom. The van der Waals surface area contributed by atoms with E-state index in [0.717, 1.165) is 43.6 Å². The Balaban J connectivity index is 2.41. The number of nitrogens with one attached hydrogen (secondary N) is 1. The zero-order chi connectivity index (χ0) is 14.6. The van der Waals surface area contributed by atoms with Crippen molar-refractivity contribution >= 4 is 15.9 Å². The van der Waals surface area contributed by atoms with Crippen molar-refractivity contribution in [3.63, 3.8) is 0 Å². The average Bonchev–Trinajstić information content (AvgIpc) is 2.46. The van der Waals surface area contributed by atoms with E-state index in [-0.39, 0.29) is 0 Å². The first-order chi connectivity index (χ1) is 9.76. The third kappa shape index (κ3) is 8.00. The summed E-state index contributed by atoms with van der Waals surface area (Å²) in [5.41, 5.74) is 1.39. The fraction of sp³-hybridized carbons (Fsp3) is 0.625. The van der Waals surface area contributed by atoms with Crippen LogP contribution in [-0.2, 0) is 15.9 Å². The molecule has 1 aromatic rings. The standard InChI is InChI=1S/C16H26BrNO2/c1-19-10-3-4-15(13-18-9-11-20-2)12-14-5-7-16(17)8-6-14/h5-8,15,18H,3-4,9-13H2,1-2H3. The van der Waals surface area contributed by atoms with E-state index in [0.29, 0.717) is 5.92 Å². The highest BCUT2D eigenvalue weighted by molar-refractivity contribution is 9.10. The van der Waals surface area contributed by atoms with Gasteiger partial charge < -0.3 is 14.8 Å². The van der Waals surface area contributed by atoms with Gasteiger partial charge in [0.1, 0.15) is 0 Å². The van der Waals surface area contributed by atoms with Gasteiger partial charge in [-0.3, -0.25) is 0 Å². The second-order valence-corrected chi connectivity index (χ2v) is 5.94. The van der Waals surface area contributed by atoms with E-state index in [4.69, 9.17) is 9.47 Å². The maximum absolute atomic E-state index is 5.15. The van der Waals surface area contributed by atoms with Gasteiger partial charge in [0.15, 0.2) is 0 Å². The first-order valence-corrected chi connectivity index (χ1v) is 7.98. The van der Waals surface area contributed by atoms with Crippen LogP contribution < -0.4 is 5.32 Å². The van der Waals surface area contributed by atoms with E-state index < -0.39 is 0 Å². The van der Waals surface area contributed by atoms with Crippen LogP contribution in [0.3, 0.4) is 0 Å². The maximum atomic E-state index is 5.15. The van der Waals surface area contributed by atoms with Gasteiger partial charge in [0.25, 0.3) is 0 Å². The van der Waals surface area contributed by atoms with Crippen LogP contribution >= 0.6 is 15.9 Å². The van der Waals surface area contributed by atoms with Crippen molar-refractivity contribution in [1.29, 1.82) is 0 Å². The van der Waals surface area contributed by atoms with Crippen LogP contribution in [0.25, 0.3) is 0 Å². The number of halogens is 1. The van der Waals surface area contributed by atoms with Crippen LogP contribution in [0.4, 0.5) is 0 Å². The Bertz CT molecular complexity index is 343. The molecule has 0 spiro atoms. The normalized spacial score (nSPS) is 12.6. The van der Waals surface area contributed by atoms with Crippen molar-refractivity contribution < 1.29 is 9.47 Å². The van der Waals surface area contributed by atoms with E-state index >= 15 is 0 Å². The van der Waals surface area contributed by atoms with Gasteiger partial charge in [-0.25, -0.2) is 0 Å². The molecular weight excluding hydrogens is 318 g/mol. The van der Waals surface area contributed by atoms with Crippen molar-refractivity contribution in [1.82, 2.24) is 5.32 Å². The fourth-order valence-electron chi connectivity index (χ4n) is 2.23. The first-order valence-electron chi connectivity index (χ1n) is 7.19. The molecule has 0 aromatic heterocycles. The third-order valence-electron chi connectivity index (χ3n) is 3.31. The topological polar surface area (TPSA) is 30.5 Å². The quantitative estimate of drug-likeness (QED) is 0.625. The lowest BCUT2D eigenvalue weighted by Crippen LogP contribution is -2.27. The van der Waals surface area contributed by atoms with Gasteiger partial charge in [-0.1, -0.05) is 28.1 Å². The summed E-state index contributed by atoms with van der Waals surface area (Å²) < 4.78 is 11.4. The predicted octanol–water partition coefficient (Wildman–Crippen LogP) is 3.27. The Labute approximate surface area is 131 Å². The van der Waals surface area contributed by atoms with E-state index in [1.165, 1.54) is 12.0 Å². The zero-order valence-corrected chi connectivity index (χ0v) is 14.1. The van der Waals surface area contributed by atoms with Crippen LogP contribution in [0.15, 0.2) is 28.7 Å². The molecule has 1 rings (SSSR count). The van der Waals surface area contributed by atoms with Crippen LogP contribution in [0.2, 0.25) is 0 Å². The van der Waals surface area contributed by atoms with Crippen molar-refractivity contribution in [2.75, 3.05) is 40.5 Å². The molecule has 0 aliphatic rings. The van der Waals surface area contributed by atoms with Gasteiger partial charge in [-0.15, -0.1) is 0 Å². The number of ether oxygens (including phenoxy) is 2. The number of hydrogen-bond donors (Lipinski definition) is 1. The summed E-state index contributed by atoms with van der Waals surface area (Å²) in [5, 5.41) is 3.47. The lowest BCUT2D eigenvalue weighted by molar-refractivity contribution is 0.183. The Kier molecular flexibility index (Phi) is 9.93. The van der Waals surface area contributed by atoms with E-state index in [2.05, 4.69) is 45.5 Å². The largest absolute Gasteiger partial charge is 0.385 e.